The van der Waals surface area contributed by atoms with E-state index in [2.05, 4.69) is 4.72 Å². The average Bonchev–Trinajstić information content (AvgIpc) is 3.26. The van der Waals surface area contributed by atoms with Crippen molar-refractivity contribution in [3.8, 4) is 0 Å². The molecular formula is C18H27N3O6S2. The maximum absolute atomic E-state index is 12.8. The van der Waals surface area contributed by atoms with Crippen LogP contribution in [-0.4, -0.2) is 83.1 Å². The van der Waals surface area contributed by atoms with Gasteiger partial charge in [0.2, 0.25) is 20.0 Å². The second-order valence-corrected chi connectivity index (χ2v) is 11.1. The fourth-order valence-electron chi connectivity index (χ4n) is 3.42. The number of amides is 1. The van der Waals surface area contributed by atoms with Crippen molar-refractivity contribution in [1.29, 1.82) is 0 Å². The SMILES string of the molecule is CCS(=O)(=O)N1CCN(C(=O)c2cccc(S(=O)(=O)NCC3CCCO3)c2)CC1. The Bertz CT molecular complexity index is 934. The molecule has 0 bridgehead atoms. The molecule has 2 aliphatic heterocycles. The number of carbonyl (C=O) groups is 1. The molecule has 2 fully saturated rings. The van der Waals surface area contributed by atoms with Crippen molar-refractivity contribution in [2.45, 2.75) is 30.8 Å². The van der Waals surface area contributed by atoms with Gasteiger partial charge in [-0.1, -0.05) is 6.07 Å². The number of nitrogens with zero attached hydrogens (tertiary/aromatic N) is 2. The van der Waals surface area contributed by atoms with E-state index in [0.29, 0.717) is 6.61 Å². The summed E-state index contributed by atoms with van der Waals surface area (Å²) >= 11 is 0. The van der Waals surface area contributed by atoms with Crippen LogP contribution in [0.1, 0.15) is 30.1 Å². The summed E-state index contributed by atoms with van der Waals surface area (Å²) in [5.74, 6) is -0.283. The van der Waals surface area contributed by atoms with Gasteiger partial charge in [-0.3, -0.25) is 4.79 Å². The van der Waals surface area contributed by atoms with Gasteiger partial charge in [-0.25, -0.2) is 21.6 Å². The van der Waals surface area contributed by atoms with Gasteiger partial charge in [0.15, 0.2) is 0 Å². The number of hydrogen-bond donors (Lipinski definition) is 1. The molecule has 0 radical (unpaired) electrons. The van der Waals surface area contributed by atoms with E-state index in [0.717, 1.165) is 12.8 Å². The lowest BCUT2D eigenvalue weighted by Gasteiger charge is -2.33. The molecule has 1 aromatic carbocycles. The van der Waals surface area contributed by atoms with Gasteiger partial charge in [0.05, 0.1) is 16.8 Å². The van der Waals surface area contributed by atoms with Gasteiger partial charge in [0, 0.05) is 44.9 Å². The minimum atomic E-state index is -3.75. The highest BCUT2D eigenvalue weighted by molar-refractivity contribution is 7.89. The van der Waals surface area contributed by atoms with Crippen molar-refractivity contribution in [3.05, 3.63) is 29.8 Å². The Morgan fingerprint density at radius 2 is 1.90 bits per heavy atom. The van der Waals surface area contributed by atoms with Gasteiger partial charge in [0.1, 0.15) is 0 Å². The van der Waals surface area contributed by atoms with Crippen LogP contribution in [0.5, 0.6) is 0 Å². The Morgan fingerprint density at radius 1 is 1.17 bits per heavy atom. The van der Waals surface area contributed by atoms with Crippen molar-refractivity contribution in [3.63, 3.8) is 0 Å². The maximum Gasteiger partial charge on any atom is 0.253 e. The van der Waals surface area contributed by atoms with Gasteiger partial charge in [-0.15, -0.1) is 0 Å². The van der Waals surface area contributed by atoms with Crippen molar-refractivity contribution >= 4 is 26.0 Å². The third-order valence-electron chi connectivity index (χ3n) is 5.20. The molecule has 0 aromatic heterocycles. The first-order chi connectivity index (χ1) is 13.7. The highest BCUT2D eigenvalue weighted by Crippen LogP contribution is 2.17. The third kappa shape index (κ3) is 5.34. The molecule has 3 rings (SSSR count). The highest BCUT2D eigenvalue weighted by Gasteiger charge is 2.28. The van der Waals surface area contributed by atoms with Gasteiger partial charge in [0.25, 0.3) is 5.91 Å². The maximum atomic E-state index is 12.8. The molecule has 1 amide bonds. The highest BCUT2D eigenvalue weighted by atomic mass is 32.2. The first kappa shape index (κ1) is 22.2. The summed E-state index contributed by atoms with van der Waals surface area (Å²) < 4.78 is 58.4. The molecular weight excluding hydrogens is 418 g/mol. The predicted molar refractivity (Wildman–Crippen MR) is 108 cm³/mol. The molecule has 1 atom stereocenters. The number of nitrogens with one attached hydrogen (secondary N) is 1. The second-order valence-electron chi connectivity index (χ2n) is 7.11. The molecule has 0 spiro atoms. The summed E-state index contributed by atoms with van der Waals surface area (Å²) in [6, 6.07) is 5.90. The van der Waals surface area contributed by atoms with E-state index in [9.17, 15) is 21.6 Å². The van der Waals surface area contributed by atoms with E-state index >= 15 is 0 Å². The van der Waals surface area contributed by atoms with E-state index in [1.807, 2.05) is 0 Å². The summed E-state index contributed by atoms with van der Waals surface area (Å²) in [5, 5.41) is 0. The zero-order valence-corrected chi connectivity index (χ0v) is 18.0. The van der Waals surface area contributed by atoms with Gasteiger partial charge >= 0.3 is 0 Å². The summed E-state index contributed by atoms with van der Waals surface area (Å²) in [4.78, 5) is 14.4. The van der Waals surface area contributed by atoms with Gasteiger partial charge in [-0.2, -0.15) is 4.31 Å². The van der Waals surface area contributed by atoms with Crippen molar-refractivity contribution in [2.24, 2.45) is 0 Å². The molecule has 2 saturated heterocycles. The quantitative estimate of drug-likeness (QED) is 0.644. The minimum Gasteiger partial charge on any atom is -0.377 e. The molecule has 2 aliphatic rings. The first-order valence-corrected chi connectivity index (χ1v) is 12.8. The monoisotopic (exact) mass is 445 g/mol. The Labute approximate surface area is 172 Å². The topological polar surface area (TPSA) is 113 Å². The van der Waals surface area contributed by atoms with Crippen LogP contribution >= 0.6 is 0 Å². The van der Waals surface area contributed by atoms with E-state index in [1.165, 1.54) is 22.5 Å². The standard InChI is InChI=1S/C18H27N3O6S2/c1-2-28(23,24)21-10-8-20(9-11-21)18(22)15-5-3-7-17(13-15)29(25,26)19-14-16-6-4-12-27-16/h3,5,7,13,16,19H,2,4,6,8-12,14H2,1H3. The van der Waals surface area contributed by atoms with Crippen LogP contribution in [0.4, 0.5) is 0 Å². The Morgan fingerprint density at radius 3 is 2.52 bits per heavy atom. The van der Waals surface area contributed by atoms with Gasteiger partial charge < -0.3 is 9.64 Å². The number of sulfonamides is 2. The fraction of sp³-hybridized carbons (Fsp3) is 0.611. The third-order valence-corrected chi connectivity index (χ3v) is 8.50. The molecule has 1 unspecified atom stereocenters. The predicted octanol–water partition coefficient (Wildman–Crippen LogP) is 0.251. The summed E-state index contributed by atoms with van der Waals surface area (Å²) in [5.41, 5.74) is 0.261. The summed E-state index contributed by atoms with van der Waals surface area (Å²) in [6.45, 7) is 3.45. The molecule has 29 heavy (non-hydrogen) atoms. The van der Waals surface area contributed by atoms with Crippen molar-refractivity contribution in [2.75, 3.05) is 45.1 Å². The molecule has 9 nitrogen and oxygen atoms in total. The number of ether oxygens (including phenoxy) is 1. The van der Waals surface area contributed by atoms with Crippen molar-refractivity contribution < 1.29 is 26.4 Å². The smallest absolute Gasteiger partial charge is 0.253 e. The molecule has 11 heteroatoms. The van der Waals surface area contributed by atoms with Crippen LogP contribution in [-0.2, 0) is 24.8 Å². The van der Waals surface area contributed by atoms with Gasteiger partial charge in [-0.05, 0) is 38.0 Å². The molecule has 0 saturated carbocycles. The normalized spacial score (nSPS) is 21.4. The van der Waals surface area contributed by atoms with Crippen LogP contribution in [0.3, 0.4) is 0 Å². The van der Waals surface area contributed by atoms with Crippen LogP contribution in [0, 0.1) is 0 Å². The van der Waals surface area contributed by atoms with Crippen LogP contribution in [0.15, 0.2) is 29.2 Å². The van der Waals surface area contributed by atoms with Crippen LogP contribution in [0.2, 0.25) is 0 Å². The minimum absolute atomic E-state index is 0.0218. The Hall–Kier alpha value is -1.53. The van der Waals surface area contributed by atoms with E-state index in [4.69, 9.17) is 4.74 Å². The number of carbonyl (C=O) groups excluding carboxylic acids is 1. The lowest BCUT2D eigenvalue weighted by Crippen LogP contribution is -2.50. The summed E-state index contributed by atoms with van der Waals surface area (Å²) in [6.07, 6.45) is 1.62. The lowest BCUT2D eigenvalue weighted by atomic mass is 10.2. The average molecular weight is 446 g/mol. The zero-order chi connectivity index (χ0) is 21.1. The number of piperazine rings is 1. The number of rotatable bonds is 7. The zero-order valence-electron chi connectivity index (χ0n) is 16.4. The van der Waals surface area contributed by atoms with Crippen molar-refractivity contribution in [1.82, 2.24) is 13.9 Å². The largest absolute Gasteiger partial charge is 0.377 e. The molecule has 162 valence electrons. The lowest BCUT2D eigenvalue weighted by molar-refractivity contribution is 0.0697. The van der Waals surface area contributed by atoms with E-state index < -0.39 is 20.0 Å². The summed E-state index contributed by atoms with van der Waals surface area (Å²) in [7, 11) is -7.03. The molecule has 2 heterocycles. The van der Waals surface area contributed by atoms with E-state index in [1.54, 1.807) is 17.9 Å². The Kier molecular flexibility index (Phi) is 6.94. The molecule has 1 N–H and O–H groups in total. The number of benzene rings is 1. The second kappa shape index (κ2) is 9.09. The fourth-order valence-corrected chi connectivity index (χ4v) is 5.62. The number of hydrogen-bond acceptors (Lipinski definition) is 6. The molecule has 1 aromatic rings. The van der Waals surface area contributed by atoms with Crippen LogP contribution < -0.4 is 4.72 Å². The van der Waals surface area contributed by atoms with E-state index in [-0.39, 0.29) is 60.9 Å². The Balaban J connectivity index is 1.65. The van der Waals surface area contributed by atoms with Crippen LogP contribution in [0.25, 0.3) is 0 Å². The molecule has 0 aliphatic carbocycles. The first-order valence-electron chi connectivity index (χ1n) is 9.71.